The lowest BCUT2D eigenvalue weighted by atomic mass is 10.1. The standard InChI is InChI=1S/C26H29F3N2O5/c1-3-34-23-16-22(13-7-18(23)8-14-24(32)33)36-15-5-6-19-17-31(30-25(19)35-4-2)21-11-9-20(10-12-21)26(27,28)29/h7,9-13,16-17H,3-6,8,14-15H2,1-2H3,(H,32,33). The third-order valence-electron chi connectivity index (χ3n) is 5.30. The Bertz CT molecular complexity index is 1140. The van der Waals surface area contributed by atoms with Crippen molar-refractivity contribution < 1.29 is 37.3 Å². The Balaban J connectivity index is 1.62. The van der Waals surface area contributed by atoms with E-state index in [1.807, 2.05) is 19.9 Å². The molecule has 10 heteroatoms. The maximum Gasteiger partial charge on any atom is 0.416 e. The first kappa shape index (κ1) is 26.9. The molecule has 3 aromatic rings. The Morgan fingerprint density at radius 1 is 0.972 bits per heavy atom. The van der Waals surface area contributed by atoms with Crippen molar-refractivity contribution in [2.24, 2.45) is 0 Å². The molecule has 0 aliphatic heterocycles. The predicted octanol–water partition coefficient (Wildman–Crippen LogP) is 5.72. The highest BCUT2D eigenvalue weighted by Gasteiger charge is 2.30. The number of aliphatic carboxylic acids is 1. The van der Waals surface area contributed by atoms with Crippen LogP contribution in [0.4, 0.5) is 13.2 Å². The summed E-state index contributed by atoms with van der Waals surface area (Å²) in [4.78, 5) is 10.9. The molecule has 2 aromatic carbocycles. The summed E-state index contributed by atoms with van der Waals surface area (Å²) in [6.45, 7) is 4.95. The maximum absolute atomic E-state index is 12.8. The molecular formula is C26H29F3N2O5. The van der Waals surface area contributed by atoms with Crippen LogP contribution in [0.5, 0.6) is 17.4 Å². The zero-order valence-corrected chi connectivity index (χ0v) is 20.2. The van der Waals surface area contributed by atoms with Crippen molar-refractivity contribution in [1.29, 1.82) is 0 Å². The van der Waals surface area contributed by atoms with Gasteiger partial charge in [0.2, 0.25) is 5.88 Å². The first-order valence-corrected chi connectivity index (χ1v) is 11.7. The normalized spacial score (nSPS) is 11.4. The topological polar surface area (TPSA) is 82.8 Å². The average Bonchev–Trinajstić information content (AvgIpc) is 3.24. The van der Waals surface area contributed by atoms with Crippen LogP contribution in [-0.4, -0.2) is 40.7 Å². The molecule has 1 N–H and O–H groups in total. The van der Waals surface area contributed by atoms with E-state index in [4.69, 9.17) is 19.3 Å². The van der Waals surface area contributed by atoms with E-state index < -0.39 is 17.7 Å². The van der Waals surface area contributed by atoms with Crippen LogP contribution in [0, 0.1) is 0 Å². The largest absolute Gasteiger partial charge is 0.493 e. The van der Waals surface area contributed by atoms with Gasteiger partial charge in [-0.25, -0.2) is 4.68 Å². The number of nitrogens with zero attached hydrogens (tertiary/aromatic N) is 2. The summed E-state index contributed by atoms with van der Waals surface area (Å²) in [5, 5.41) is 13.3. The number of halogens is 3. The van der Waals surface area contributed by atoms with Crippen LogP contribution in [-0.2, 0) is 23.8 Å². The zero-order valence-electron chi connectivity index (χ0n) is 20.2. The molecular weight excluding hydrogens is 477 g/mol. The second-order valence-corrected chi connectivity index (χ2v) is 7.93. The van der Waals surface area contributed by atoms with Gasteiger partial charge in [0.15, 0.2) is 0 Å². The van der Waals surface area contributed by atoms with Gasteiger partial charge in [0, 0.05) is 24.2 Å². The number of carboxylic acids is 1. The summed E-state index contributed by atoms with van der Waals surface area (Å²) in [5.41, 5.74) is 1.41. The molecule has 0 bridgehead atoms. The molecule has 0 atom stereocenters. The predicted molar refractivity (Wildman–Crippen MR) is 127 cm³/mol. The highest BCUT2D eigenvalue weighted by molar-refractivity contribution is 5.67. The minimum absolute atomic E-state index is 0.0165. The fourth-order valence-electron chi connectivity index (χ4n) is 3.57. The average molecular weight is 507 g/mol. The number of benzene rings is 2. The molecule has 0 aliphatic carbocycles. The minimum Gasteiger partial charge on any atom is -0.493 e. The molecule has 0 spiro atoms. The van der Waals surface area contributed by atoms with Gasteiger partial charge in [0.1, 0.15) is 11.5 Å². The summed E-state index contributed by atoms with van der Waals surface area (Å²) in [5.74, 6) is 0.778. The lowest BCUT2D eigenvalue weighted by Crippen LogP contribution is -2.05. The Kier molecular flexibility index (Phi) is 9.21. The number of carboxylic acid groups (broad SMARTS) is 1. The van der Waals surface area contributed by atoms with Crippen LogP contribution in [0.2, 0.25) is 0 Å². The molecule has 1 heterocycles. The van der Waals surface area contributed by atoms with Crippen LogP contribution >= 0.6 is 0 Å². The molecule has 0 fully saturated rings. The van der Waals surface area contributed by atoms with E-state index in [-0.39, 0.29) is 6.42 Å². The molecule has 0 aliphatic rings. The first-order chi connectivity index (χ1) is 17.2. The quantitative estimate of drug-likeness (QED) is 0.299. The summed E-state index contributed by atoms with van der Waals surface area (Å²) in [6, 6.07) is 10.1. The lowest BCUT2D eigenvalue weighted by Gasteiger charge is -2.12. The lowest BCUT2D eigenvalue weighted by molar-refractivity contribution is -0.138. The van der Waals surface area contributed by atoms with Crippen molar-refractivity contribution in [2.75, 3.05) is 19.8 Å². The number of aryl methyl sites for hydroxylation is 2. The second kappa shape index (κ2) is 12.3. The van der Waals surface area contributed by atoms with Crippen molar-refractivity contribution >= 4 is 5.97 Å². The van der Waals surface area contributed by atoms with Gasteiger partial charge in [-0.15, -0.1) is 5.10 Å². The Hall–Kier alpha value is -3.69. The van der Waals surface area contributed by atoms with E-state index in [1.54, 1.807) is 18.3 Å². The Labute approximate surface area is 207 Å². The summed E-state index contributed by atoms with van der Waals surface area (Å²) in [6.07, 6.45) is -1.03. The Morgan fingerprint density at radius 3 is 2.33 bits per heavy atom. The fourth-order valence-corrected chi connectivity index (χ4v) is 3.57. The van der Waals surface area contributed by atoms with Crippen LogP contribution < -0.4 is 14.2 Å². The van der Waals surface area contributed by atoms with E-state index in [2.05, 4.69) is 5.10 Å². The number of alkyl halides is 3. The summed E-state index contributed by atoms with van der Waals surface area (Å²) in [7, 11) is 0. The third-order valence-corrected chi connectivity index (χ3v) is 5.30. The van der Waals surface area contributed by atoms with Crippen molar-refractivity contribution in [3.05, 3.63) is 65.4 Å². The van der Waals surface area contributed by atoms with Gasteiger partial charge in [-0.05, 0) is 69.0 Å². The van der Waals surface area contributed by atoms with Gasteiger partial charge in [0.25, 0.3) is 0 Å². The molecule has 0 unspecified atom stereocenters. The summed E-state index contributed by atoms with van der Waals surface area (Å²) >= 11 is 0. The summed E-state index contributed by atoms with van der Waals surface area (Å²) < 4.78 is 57.2. The fraction of sp³-hybridized carbons (Fsp3) is 0.385. The number of hydrogen-bond acceptors (Lipinski definition) is 5. The molecule has 1 aromatic heterocycles. The molecule has 0 amide bonds. The zero-order chi connectivity index (χ0) is 26.1. The monoisotopic (exact) mass is 506 g/mol. The maximum atomic E-state index is 12.8. The minimum atomic E-state index is -4.40. The molecule has 3 rings (SSSR count). The van der Waals surface area contributed by atoms with Gasteiger partial charge in [-0.1, -0.05) is 6.07 Å². The van der Waals surface area contributed by atoms with Crippen molar-refractivity contribution in [2.45, 2.75) is 45.7 Å². The number of aromatic nitrogens is 2. The molecule has 0 saturated carbocycles. The van der Waals surface area contributed by atoms with Crippen LogP contribution in [0.15, 0.2) is 48.7 Å². The molecule has 7 nitrogen and oxygen atoms in total. The number of hydrogen-bond donors (Lipinski definition) is 1. The smallest absolute Gasteiger partial charge is 0.416 e. The highest BCUT2D eigenvalue weighted by Crippen LogP contribution is 2.30. The first-order valence-electron chi connectivity index (χ1n) is 11.7. The number of carbonyl (C=O) groups is 1. The van der Waals surface area contributed by atoms with E-state index in [1.165, 1.54) is 16.8 Å². The van der Waals surface area contributed by atoms with Gasteiger partial charge >= 0.3 is 12.1 Å². The van der Waals surface area contributed by atoms with Gasteiger partial charge in [-0.2, -0.15) is 13.2 Å². The molecule has 0 saturated heterocycles. The molecule has 194 valence electrons. The van der Waals surface area contributed by atoms with E-state index in [9.17, 15) is 18.0 Å². The van der Waals surface area contributed by atoms with Crippen molar-refractivity contribution in [1.82, 2.24) is 9.78 Å². The Morgan fingerprint density at radius 2 is 1.69 bits per heavy atom. The second-order valence-electron chi connectivity index (χ2n) is 7.93. The van der Waals surface area contributed by atoms with Gasteiger partial charge in [0.05, 0.1) is 31.1 Å². The van der Waals surface area contributed by atoms with E-state index in [0.29, 0.717) is 62.1 Å². The van der Waals surface area contributed by atoms with Crippen molar-refractivity contribution in [3.8, 4) is 23.1 Å². The van der Waals surface area contributed by atoms with Gasteiger partial charge in [-0.3, -0.25) is 4.79 Å². The SMILES string of the molecule is CCOc1cc(OCCCc2cn(-c3ccc(C(F)(F)F)cc3)nc2OCC)ccc1CCC(=O)O. The van der Waals surface area contributed by atoms with E-state index >= 15 is 0 Å². The number of rotatable bonds is 13. The highest BCUT2D eigenvalue weighted by atomic mass is 19.4. The molecule has 36 heavy (non-hydrogen) atoms. The molecule has 0 radical (unpaired) electrons. The van der Waals surface area contributed by atoms with Crippen LogP contribution in [0.25, 0.3) is 5.69 Å². The van der Waals surface area contributed by atoms with Crippen molar-refractivity contribution in [3.63, 3.8) is 0 Å². The van der Waals surface area contributed by atoms with Crippen LogP contribution in [0.1, 0.15) is 43.4 Å². The van der Waals surface area contributed by atoms with E-state index in [0.717, 1.165) is 23.3 Å². The third kappa shape index (κ3) is 7.40. The van der Waals surface area contributed by atoms with Gasteiger partial charge < -0.3 is 19.3 Å². The number of ether oxygens (including phenoxy) is 3. The van der Waals surface area contributed by atoms with Crippen LogP contribution in [0.3, 0.4) is 0 Å².